The average molecular weight is 328 g/mol. The second kappa shape index (κ2) is 5.53. The Hall–Kier alpha value is -1.34. The maximum atomic E-state index is 10.6. The number of aryl methyl sites for hydroxylation is 1. The lowest BCUT2D eigenvalue weighted by Gasteiger charge is -2.08. The molecule has 0 aliphatic heterocycles. The molecule has 1 aromatic heterocycles. The fraction of sp³-hybridized carbons (Fsp3) is 0.182. The number of rotatable bonds is 4. The van der Waals surface area contributed by atoms with Crippen LogP contribution in [-0.4, -0.2) is 31.6 Å². The molecule has 0 aliphatic carbocycles. The number of aromatic nitrogens is 3. The first kappa shape index (κ1) is 13.1. The molecule has 0 amide bonds. The first-order valence-electron chi connectivity index (χ1n) is 5.09. The molecule has 94 valence electrons. The quantitative estimate of drug-likeness (QED) is 0.874. The Kier molecular flexibility index (Phi) is 4.03. The molecule has 0 atom stereocenters. The highest BCUT2D eigenvalue weighted by atomic mass is 79.9. The zero-order valence-electron chi connectivity index (χ0n) is 9.50. The van der Waals surface area contributed by atoms with Crippen LogP contribution in [0, 0.1) is 6.92 Å². The largest absolute Gasteiger partial charge is 0.481 e. The first-order valence-corrected chi connectivity index (χ1v) is 6.87. The van der Waals surface area contributed by atoms with Crippen LogP contribution in [-0.2, 0) is 4.79 Å². The number of carboxylic acid groups (broad SMARTS) is 1. The minimum Gasteiger partial charge on any atom is -0.481 e. The third kappa shape index (κ3) is 2.91. The normalized spacial score (nSPS) is 10.6. The number of benzene rings is 1. The molecule has 1 N–H and O–H groups in total. The molecule has 0 radical (unpaired) electrons. The highest BCUT2D eigenvalue weighted by Crippen LogP contribution is 2.26. The Morgan fingerprint density at radius 1 is 1.56 bits per heavy atom. The molecule has 0 bridgehead atoms. The van der Waals surface area contributed by atoms with E-state index >= 15 is 0 Å². The van der Waals surface area contributed by atoms with Crippen molar-refractivity contribution in [1.29, 1.82) is 0 Å². The van der Waals surface area contributed by atoms with Gasteiger partial charge in [-0.1, -0.05) is 17.8 Å². The predicted octanol–water partition coefficient (Wildman–Crippen LogP) is 2.51. The molecule has 7 heteroatoms. The maximum Gasteiger partial charge on any atom is 0.313 e. The fourth-order valence-corrected chi connectivity index (χ4v) is 2.75. The lowest BCUT2D eigenvalue weighted by atomic mass is 10.2. The van der Waals surface area contributed by atoms with E-state index in [1.807, 2.05) is 25.1 Å². The second-order valence-corrected chi connectivity index (χ2v) is 5.42. The molecular formula is C11H10BrN3O2S. The van der Waals surface area contributed by atoms with Crippen LogP contribution in [0.4, 0.5) is 0 Å². The van der Waals surface area contributed by atoms with Crippen LogP contribution in [0.3, 0.4) is 0 Å². The van der Waals surface area contributed by atoms with Gasteiger partial charge in [0, 0.05) is 4.47 Å². The van der Waals surface area contributed by atoms with E-state index in [-0.39, 0.29) is 5.75 Å². The number of thioether (sulfide) groups is 1. The van der Waals surface area contributed by atoms with Crippen molar-refractivity contribution in [3.05, 3.63) is 34.6 Å². The topological polar surface area (TPSA) is 68.0 Å². The Morgan fingerprint density at radius 3 is 3.00 bits per heavy atom. The standard InChI is InChI=1S/C11H10BrN3O2S/c1-7-2-3-9(8(12)4-7)15-6-13-14-11(15)18-5-10(16)17/h2-4,6H,5H2,1H3,(H,16,17). The van der Waals surface area contributed by atoms with Crippen LogP contribution in [0.2, 0.25) is 0 Å². The van der Waals surface area contributed by atoms with Crippen molar-refractivity contribution in [3.63, 3.8) is 0 Å². The molecule has 0 spiro atoms. The Bertz CT molecular complexity index is 585. The summed E-state index contributed by atoms with van der Waals surface area (Å²) in [5.74, 6) is -0.917. The summed E-state index contributed by atoms with van der Waals surface area (Å²) in [5, 5.41) is 17.0. The van der Waals surface area contributed by atoms with Gasteiger partial charge in [-0.05, 0) is 40.5 Å². The summed E-state index contributed by atoms with van der Waals surface area (Å²) in [4.78, 5) is 10.6. The van der Waals surface area contributed by atoms with Gasteiger partial charge < -0.3 is 5.11 Å². The monoisotopic (exact) mass is 327 g/mol. The van der Waals surface area contributed by atoms with Gasteiger partial charge in [0.1, 0.15) is 6.33 Å². The molecule has 0 unspecified atom stereocenters. The van der Waals surface area contributed by atoms with Crippen molar-refractivity contribution in [1.82, 2.24) is 14.8 Å². The van der Waals surface area contributed by atoms with E-state index in [2.05, 4.69) is 26.1 Å². The van der Waals surface area contributed by atoms with Crippen LogP contribution < -0.4 is 0 Å². The molecule has 1 aromatic carbocycles. The number of halogens is 1. The van der Waals surface area contributed by atoms with Gasteiger partial charge in [0.05, 0.1) is 11.4 Å². The number of carboxylic acids is 1. The summed E-state index contributed by atoms with van der Waals surface area (Å²) in [6.07, 6.45) is 1.57. The van der Waals surface area contributed by atoms with Crippen LogP contribution in [0.5, 0.6) is 0 Å². The lowest BCUT2D eigenvalue weighted by molar-refractivity contribution is -0.133. The third-order valence-corrected chi connectivity index (χ3v) is 3.77. The maximum absolute atomic E-state index is 10.6. The molecule has 0 fully saturated rings. The summed E-state index contributed by atoms with van der Waals surface area (Å²) >= 11 is 4.62. The second-order valence-electron chi connectivity index (χ2n) is 3.62. The smallest absolute Gasteiger partial charge is 0.313 e. The fourth-order valence-electron chi connectivity index (χ4n) is 1.42. The molecule has 2 aromatic rings. The lowest BCUT2D eigenvalue weighted by Crippen LogP contribution is -2.01. The molecule has 2 rings (SSSR count). The summed E-state index contributed by atoms with van der Waals surface area (Å²) in [6, 6.07) is 5.90. The van der Waals surface area contributed by atoms with Crippen LogP contribution in [0.1, 0.15) is 5.56 Å². The summed E-state index contributed by atoms with van der Waals surface area (Å²) < 4.78 is 2.68. The molecular weight excluding hydrogens is 318 g/mol. The van der Waals surface area contributed by atoms with Crippen molar-refractivity contribution in [2.24, 2.45) is 0 Å². The summed E-state index contributed by atoms with van der Waals surface area (Å²) in [6.45, 7) is 2.00. The minimum atomic E-state index is -0.877. The van der Waals surface area contributed by atoms with Crippen molar-refractivity contribution >= 4 is 33.7 Å². The number of hydrogen-bond donors (Lipinski definition) is 1. The van der Waals surface area contributed by atoms with Crippen molar-refractivity contribution < 1.29 is 9.90 Å². The number of aliphatic carboxylic acids is 1. The van der Waals surface area contributed by atoms with E-state index in [1.165, 1.54) is 0 Å². The van der Waals surface area contributed by atoms with Gasteiger partial charge in [-0.2, -0.15) is 0 Å². The van der Waals surface area contributed by atoms with E-state index in [0.717, 1.165) is 27.5 Å². The zero-order valence-corrected chi connectivity index (χ0v) is 11.9. The van der Waals surface area contributed by atoms with Gasteiger partial charge in [-0.3, -0.25) is 9.36 Å². The SMILES string of the molecule is Cc1ccc(-n2cnnc2SCC(=O)O)c(Br)c1. The van der Waals surface area contributed by atoms with E-state index in [0.29, 0.717) is 5.16 Å². The minimum absolute atomic E-state index is 0.0395. The van der Waals surface area contributed by atoms with Crippen molar-refractivity contribution in [3.8, 4) is 5.69 Å². The molecule has 0 aliphatic rings. The van der Waals surface area contributed by atoms with Gasteiger partial charge in [0.15, 0.2) is 5.16 Å². The van der Waals surface area contributed by atoms with E-state index in [1.54, 1.807) is 10.9 Å². The zero-order chi connectivity index (χ0) is 13.1. The summed E-state index contributed by atoms with van der Waals surface area (Å²) in [5.41, 5.74) is 2.02. The van der Waals surface area contributed by atoms with Gasteiger partial charge in [0.25, 0.3) is 0 Å². The van der Waals surface area contributed by atoms with Gasteiger partial charge in [-0.25, -0.2) is 0 Å². The Morgan fingerprint density at radius 2 is 2.33 bits per heavy atom. The van der Waals surface area contributed by atoms with Crippen LogP contribution in [0.15, 0.2) is 34.2 Å². The van der Waals surface area contributed by atoms with Gasteiger partial charge in [0.2, 0.25) is 0 Å². The Labute approximate surface area is 116 Å². The average Bonchev–Trinajstić information content (AvgIpc) is 2.74. The van der Waals surface area contributed by atoms with Gasteiger partial charge >= 0.3 is 5.97 Å². The van der Waals surface area contributed by atoms with Crippen LogP contribution in [0.25, 0.3) is 5.69 Å². The molecule has 0 saturated heterocycles. The van der Waals surface area contributed by atoms with E-state index < -0.39 is 5.97 Å². The molecule has 18 heavy (non-hydrogen) atoms. The first-order chi connectivity index (χ1) is 8.58. The van der Waals surface area contributed by atoms with E-state index in [4.69, 9.17) is 5.11 Å². The highest BCUT2D eigenvalue weighted by Gasteiger charge is 2.11. The molecule has 1 heterocycles. The molecule has 0 saturated carbocycles. The van der Waals surface area contributed by atoms with E-state index in [9.17, 15) is 4.79 Å². The Balaban J connectivity index is 2.33. The number of carbonyl (C=O) groups is 1. The predicted molar refractivity (Wildman–Crippen MR) is 72.2 cm³/mol. The number of hydrogen-bond acceptors (Lipinski definition) is 4. The summed E-state index contributed by atoms with van der Waals surface area (Å²) in [7, 11) is 0. The highest BCUT2D eigenvalue weighted by molar-refractivity contribution is 9.10. The van der Waals surface area contributed by atoms with Crippen LogP contribution >= 0.6 is 27.7 Å². The molecule has 5 nitrogen and oxygen atoms in total. The van der Waals surface area contributed by atoms with Crippen molar-refractivity contribution in [2.75, 3.05) is 5.75 Å². The number of nitrogens with zero attached hydrogens (tertiary/aromatic N) is 3. The van der Waals surface area contributed by atoms with Gasteiger partial charge in [-0.15, -0.1) is 10.2 Å². The van der Waals surface area contributed by atoms with Crippen molar-refractivity contribution in [2.45, 2.75) is 12.1 Å². The third-order valence-electron chi connectivity index (χ3n) is 2.20.